The highest BCUT2D eigenvalue weighted by Gasteiger charge is 2.53. The molecule has 1 aromatic rings. The zero-order valence-corrected chi connectivity index (χ0v) is 11.6. The third kappa shape index (κ3) is 2.40. The van der Waals surface area contributed by atoms with E-state index in [0.717, 1.165) is 0 Å². The van der Waals surface area contributed by atoms with E-state index in [1.165, 1.54) is 25.1 Å². The minimum Gasteiger partial charge on any atom is -0.385 e. The van der Waals surface area contributed by atoms with E-state index in [2.05, 4.69) is 0 Å². The van der Waals surface area contributed by atoms with Crippen molar-refractivity contribution in [3.8, 4) is 0 Å². The van der Waals surface area contributed by atoms with Crippen molar-refractivity contribution >= 4 is 9.84 Å². The van der Waals surface area contributed by atoms with Gasteiger partial charge in [0.15, 0.2) is 9.84 Å². The fourth-order valence-corrected chi connectivity index (χ4v) is 4.99. The number of hydrogen-bond acceptors (Lipinski definition) is 4. The fraction of sp³-hybridized carbons (Fsp3) is 0.538. The first-order chi connectivity index (χ1) is 8.72. The molecule has 0 bridgehead atoms. The summed E-state index contributed by atoms with van der Waals surface area (Å²) < 4.78 is 36.7. The predicted octanol–water partition coefficient (Wildman–Crippen LogP) is 0.797. The number of rotatable bonds is 3. The Morgan fingerprint density at radius 3 is 2.68 bits per heavy atom. The number of nitrogens with two attached hydrogens (primary N) is 1. The van der Waals surface area contributed by atoms with E-state index in [9.17, 15) is 17.9 Å². The Hall–Kier alpha value is -0.980. The smallest absolute Gasteiger partial charge is 0.151 e. The van der Waals surface area contributed by atoms with Crippen molar-refractivity contribution in [1.82, 2.24) is 0 Å². The van der Waals surface area contributed by atoms with Crippen LogP contribution in [0.4, 0.5) is 4.39 Å². The lowest BCUT2D eigenvalue weighted by Gasteiger charge is -2.41. The Morgan fingerprint density at radius 1 is 1.53 bits per heavy atom. The summed E-state index contributed by atoms with van der Waals surface area (Å²) in [6.07, 6.45) is 0.287. The predicted molar refractivity (Wildman–Crippen MR) is 70.7 cm³/mol. The lowest BCUT2D eigenvalue weighted by atomic mass is 9.69. The first-order valence-corrected chi connectivity index (χ1v) is 7.93. The summed E-state index contributed by atoms with van der Waals surface area (Å²) in [6, 6.07) is 5.58. The fourth-order valence-electron chi connectivity index (χ4n) is 2.76. The molecule has 4 nitrogen and oxygen atoms in total. The number of halogens is 1. The summed E-state index contributed by atoms with van der Waals surface area (Å²) in [5.74, 6) is -0.624. The van der Waals surface area contributed by atoms with Crippen LogP contribution in [-0.2, 0) is 15.4 Å². The molecule has 0 saturated carbocycles. The van der Waals surface area contributed by atoms with Gasteiger partial charge in [0.05, 0.1) is 17.1 Å². The Morgan fingerprint density at radius 2 is 2.21 bits per heavy atom. The molecule has 2 atom stereocenters. The molecule has 3 N–H and O–H groups in total. The van der Waals surface area contributed by atoms with Crippen molar-refractivity contribution in [3.63, 3.8) is 0 Å². The van der Waals surface area contributed by atoms with Crippen LogP contribution in [0, 0.1) is 11.2 Å². The molecule has 2 rings (SSSR count). The average Bonchev–Trinajstić information content (AvgIpc) is 2.67. The van der Waals surface area contributed by atoms with Crippen LogP contribution in [0.1, 0.15) is 18.9 Å². The highest BCUT2D eigenvalue weighted by molar-refractivity contribution is 7.91. The Kier molecular flexibility index (Phi) is 3.45. The molecule has 1 aliphatic heterocycles. The second-order valence-corrected chi connectivity index (χ2v) is 7.59. The standard InChI is InChI=1S/C13H18FNO3S/c1-12(16,10-3-2-4-11(14)7-10)13(8-15)5-6-19(17,18)9-13/h2-4,7,16H,5-6,8-9,15H2,1H3. The molecule has 0 radical (unpaired) electrons. The lowest BCUT2D eigenvalue weighted by Crippen LogP contribution is -2.49. The van der Waals surface area contributed by atoms with Crippen molar-refractivity contribution in [3.05, 3.63) is 35.6 Å². The lowest BCUT2D eigenvalue weighted by molar-refractivity contribution is -0.0585. The second kappa shape index (κ2) is 4.54. The Bertz CT molecular complexity index is 585. The van der Waals surface area contributed by atoms with Crippen LogP contribution in [0.3, 0.4) is 0 Å². The molecule has 0 aromatic heterocycles. The zero-order chi connectivity index (χ0) is 14.3. The maximum Gasteiger partial charge on any atom is 0.151 e. The monoisotopic (exact) mass is 287 g/mol. The molecule has 6 heteroatoms. The molecule has 1 heterocycles. The van der Waals surface area contributed by atoms with Gasteiger partial charge in [-0.15, -0.1) is 0 Å². The summed E-state index contributed by atoms with van der Waals surface area (Å²) in [5.41, 5.74) is 3.65. The van der Waals surface area contributed by atoms with Crippen LogP contribution in [-0.4, -0.2) is 31.6 Å². The van der Waals surface area contributed by atoms with Gasteiger partial charge in [-0.05, 0) is 31.0 Å². The maximum absolute atomic E-state index is 13.3. The number of hydrogen-bond donors (Lipinski definition) is 2. The third-order valence-electron chi connectivity index (χ3n) is 4.20. The quantitative estimate of drug-likeness (QED) is 0.861. The van der Waals surface area contributed by atoms with Gasteiger partial charge in [0.1, 0.15) is 5.82 Å². The van der Waals surface area contributed by atoms with Gasteiger partial charge in [-0.25, -0.2) is 12.8 Å². The summed E-state index contributed by atoms with van der Waals surface area (Å²) in [6.45, 7) is 1.55. The van der Waals surface area contributed by atoms with E-state index in [1.54, 1.807) is 6.07 Å². The Labute approximate surface area is 112 Å². The molecule has 19 heavy (non-hydrogen) atoms. The molecule has 0 aliphatic carbocycles. The molecular formula is C13H18FNO3S. The van der Waals surface area contributed by atoms with Crippen molar-refractivity contribution in [1.29, 1.82) is 0 Å². The van der Waals surface area contributed by atoms with Crippen molar-refractivity contribution in [2.75, 3.05) is 18.1 Å². The van der Waals surface area contributed by atoms with Crippen LogP contribution in [0.5, 0.6) is 0 Å². The van der Waals surface area contributed by atoms with Crippen LogP contribution in [0.15, 0.2) is 24.3 Å². The van der Waals surface area contributed by atoms with E-state index >= 15 is 0 Å². The first-order valence-electron chi connectivity index (χ1n) is 6.11. The van der Waals surface area contributed by atoms with Crippen LogP contribution in [0.25, 0.3) is 0 Å². The van der Waals surface area contributed by atoms with Gasteiger partial charge in [-0.2, -0.15) is 0 Å². The molecule has 0 spiro atoms. The SMILES string of the molecule is CC(O)(c1cccc(F)c1)C1(CN)CCS(=O)(=O)C1. The van der Waals surface area contributed by atoms with E-state index in [0.29, 0.717) is 5.56 Å². The summed E-state index contributed by atoms with van der Waals surface area (Å²) in [4.78, 5) is 0. The van der Waals surface area contributed by atoms with Gasteiger partial charge in [-0.3, -0.25) is 0 Å². The second-order valence-electron chi connectivity index (χ2n) is 5.41. The van der Waals surface area contributed by atoms with Gasteiger partial charge < -0.3 is 10.8 Å². The largest absolute Gasteiger partial charge is 0.385 e. The average molecular weight is 287 g/mol. The highest BCUT2D eigenvalue weighted by Crippen LogP contribution is 2.46. The van der Waals surface area contributed by atoms with Gasteiger partial charge in [-0.1, -0.05) is 12.1 Å². The third-order valence-corrected chi connectivity index (χ3v) is 6.02. The molecular weight excluding hydrogens is 269 g/mol. The summed E-state index contributed by atoms with van der Waals surface area (Å²) >= 11 is 0. The van der Waals surface area contributed by atoms with Gasteiger partial charge in [0.2, 0.25) is 0 Å². The minimum absolute atomic E-state index is 0.00959. The van der Waals surface area contributed by atoms with E-state index < -0.39 is 26.7 Å². The first kappa shape index (κ1) is 14.4. The summed E-state index contributed by atoms with van der Waals surface area (Å²) in [7, 11) is -3.20. The van der Waals surface area contributed by atoms with Crippen molar-refractivity contribution in [2.45, 2.75) is 18.9 Å². The molecule has 1 saturated heterocycles. The maximum atomic E-state index is 13.3. The molecule has 1 aliphatic rings. The van der Waals surface area contributed by atoms with Crippen LogP contribution >= 0.6 is 0 Å². The van der Waals surface area contributed by atoms with Crippen molar-refractivity contribution in [2.24, 2.45) is 11.1 Å². The Balaban J connectivity index is 2.48. The van der Waals surface area contributed by atoms with E-state index in [-0.39, 0.29) is 24.5 Å². The molecule has 1 fully saturated rings. The van der Waals surface area contributed by atoms with E-state index in [4.69, 9.17) is 5.73 Å². The molecule has 2 unspecified atom stereocenters. The number of sulfone groups is 1. The normalized spacial score (nSPS) is 29.1. The molecule has 1 aromatic carbocycles. The number of benzene rings is 1. The van der Waals surface area contributed by atoms with Crippen molar-refractivity contribution < 1.29 is 17.9 Å². The summed E-state index contributed by atoms with van der Waals surface area (Å²) in [5, 5.41) is 10.8. The topological polar surface area (TPSA) is 80.4 Å². The molecule has 106 valence electrons. The van der Waals surface area contributed by atoms with Gasteiger partial charge in [0, 0.05) is 12.0 Å². The van der Waals surface area contributed by atoms with Crippen LogP contribution < -0.4 is 5.73 Å². The minimum atomic E-state index is -3.20. The highest BCUT2D eigenvalue weighted by atomic mass is 32.2. The molecule has 0 amide bonds. The van der Waals surface area contributed by atoms with Crippen LogP contribution in [0.2, 0.25) is 0 Å². The van der Waals surface area contributed by atoms with Gasteiger partial charge in [0.25, 0.3) is 0 Å². The zero-order valence-electron chi connectivity index (χ0n) is 10.8. The van der Waals surface area contributed by atoms with E-state index in [1.807, 2.05) is 0 Å². The van der Waals surface area contributed by atoms with Gasteiger partial charge >= 0.3 is 0 Å². The number of aliphatic hydroxyl groups is 1.